The molecule has 8 heteroatoms. The molecule has 0 saturated carbocycles. The predicted octanol–water partition coefficient (Wildman–Crippen LogP) is 1.40. The van der Waals surface area contributed by atoms with Crippen LogP contribution in [0.5, 0.6) is 0 Å². The maximum Gasteiger partial charge on any atom is 0.335 e. The number of hydrogen-bond donors (Lipinski definition) is 1. The predicted molar refractivity (Wildman–Crippen MR) is 73.5 cm³/mol. The molecule has 1 aromatic rings. The summed E-state index contributed by atoms with van der Waals surface area (Å²) in [6, 6.07) is 3.12. The lowest BCUT2D eigenvalue weighted by Crippen LogP contribution is -2.28. The van der Waals surface area contributed by atoms with Gasteiger partial charge in [0.1, 0.15) is 0 Å². The van der Waals surface area contributed by atoms with Crippen molar-refractivity contribution in [2.45, 2.75) is 6.42 Å². The standard InChI is InChI=1S/C13H16N2O6/c1-14(4-3-5-21-2)12(16)9-6-10(13(17)18)8-11(7-9)15(19)20/h6-8H,3-5H2,1-2H3,(H,17,18). The summed E-state index contributed by atoms with van der Waals surface area (Å²) in [6.45, 7) is 0.880. The maximum absolute atomic E-state index is 12.2. The Labute approximate surface area is 121 Å². The highest BCUT2D eigenvalue weighted by Crippen LogP contribution is 2.18. The van der Waals surface area contributed by atoms with Crippen molar-refractivity contribution in [3.63, 3.8) is 0 Å². The van der Waals surface area contributed by atoms with Crippen LogP contribution in [0.1, 0.15) is 27.1 Å². The summed E-state index contributed by atoms with van der Waals surface area (Å²) in [6.07, 6.45) is 0.611. The van der Waals surface area contributed by atoms with E-state index in [0.29, 0.717) is 19.6 Å². The average Bonchev–Trinajstić information content (AvgIpc) is 2.45. The number of amides is 1. The van der Waals surface area contributed by atoms with Crippen molar-refractivity contribution in [1.29, 1.82) is 0 Å². The smallest absolute Gasteiger partial charge is 0.335 e. The van der Waals surface area contributed by atoms with Gasteiger partial charge in [0.15, 0.2) is 0 Å². The summed E-state index contributed by atoms with van der Waals surface area (Å²) in [7, 11) is 3.08. The molecule has 1 rings (SSSR count). The molecule has 0 unspecified atom stereocenters. The molecule has 0 aliphatic heterocycles. The molecule has 1 amide bonds. The summed E-state index contributed by atoms with van der Waals surface area (Å²) in [5.41, 5.74) is -0.747. The van der Waals surface area contributed by atoms with E-state index in [2.05, 4.69) is 0 Å². The first-order valence-corrected chi connectivity index (χ1v) is 6.14. The van der Waals surface area contributed by atoms with Gasteiger partial charge in [-0.1, -0.05) is 0 Å². The highest BCUT2D eigenvalue weighted by molar-refractivity contribution is 5.98. The van der Waals surface area contributed by atoms with E-state index in [-0.39, 0.29) is 11.1 Å². The third-order valence-corrected chi connectivity index (χ3v) is 2.81. The number of carbonyl (C=O) groups is 2. The molecule has 1 aromatic carbocycles. The Balaban J connectivity index is 3.02. The summed E-state index contributed by atoms with van der Waals surface area (Å²) in [4.78, 5) is 34.6. The number of methoxy groups -OCH3 is 1. The van der Waals surface area contributed by atoms with Crippen LogP contribution in [0, 0.1) is 10.1 Å². The van der Waals surface area contributed by atoms with Crippen LogP contribution in [0.15, 0.2) is 18.2 Å². The Bertz CT molecular complexity index is 525. The van der Waals surface area contributed by atoms with Gasteiger partial charge in [-0.3, -0.25) is 14.9 Å². The van der Waals surface area contributed by atoms with Gasteiger partial charge in [-0.15, -0.1) is 0 Å². The minimum absolute atomic E-state index is 0.0264. The van der Waals surface area contributed by atoms with Crippen molar-refractivity contribution >= 4 is 17.6 Å². The van der Waals surface area contributed by atoms with Gasteiger partial charge in [-0.05, 0) is 12.5 Å². The van der Waals surface area contributed by atoms with E-state index >= 15 is 0 Å². The van der Waals surface area contributed by atoms with Crippen LogP contribution in [0.2, 0.25) is 0 Å². The number of nitrogens with zero attached hydrogens (tertiary/aromatic N) is 2. The largest absolute Gasteiger partial charge is 0.478 e. The highest BCUT2D eigenvalue weighted by Gasteiger charge is 2.19. The van der Waals surface area contributed by atoms with Crippen molar-refractivity contribution in [1.82, 2.24) is 4.90 Å². The first-order valence-electron chi connectivity index (χ1n) is 6.14. The van der Waals surface area contributed by atoms with Gasteiger partial charge in [0.05, 0.1) is 10.5 Å². The molecule has 0 aliphatic carbocycles. The minimum Gasteiger partial charge on any atom is -0.478 e. The zero-order chi connectivity index (χ0) is 16.0. The fourth-order valence-electron chi connectivity index (χ4n) is 1.73. The number of carboxylic acids is 1. The molecule has 0 bridgehead atoms. The second-order valence-corrected chi connectivity index (χ2v) is 4.40. The van der Waals surface area contributed by atoms with E-state index in [1.165, 1.54) is 11.9 Å². The van der Waals surface area contributed by atoms with Crippen molar-refractivity contribution < 1.29 is 24.4 Å². The molecule has 0 atom stereocenters. The van der Waals surface area contributed by atoms with Crippen LogP contribution in [-0.2, 0) is 4.74 Å². The van der Waals surface area contributed by atoms with Crippen molar-refractivity contribution in [3.05, 3.63) is 39.4 Å². The number of rotatable bonds is 7. The Morgan fingerprint density at radius 1 is 1.33 bits per heavy atom. The molecular weight excluding hydrogens is 280 g/mol. The van der Waals surface area contributed by atoms with Crippen molar-refractivity contribution in [2.75, 3.05) is 27.3 Å². The molecule has 0 saturated heterocycles. The second-order valence-electron chi connectivity index (χ2n) is 4.40. The molecule has 0 radical (unpaired) electrons. The topological polar surface area (TPSA) is 110 Å². The van der Waals surface area contributed by atoms with E-state index in [9.17, 15) is 19.7 Å². The first kappa shape index (κ1) is 16.6. The molecule has 1 N–H and O–H groups in total. The molecule has 8 nitrogen and oxygen atoms in total. The van der Waals surface area contributed by atoms with Crippen LogP contribution in [0.4, 0.5) is 5.69 Å². The zero-order valence-corrected chi connectivity index (χ0v) is 11.7. The van der Waals surface area contributed by atoms with E-state index in [1.54, 1.807) is 7.11 Å². The lowest BCUT2D eigenvalue weighted by molar-refractivity contribution is -0.384. The maximum atomic E-state index is 12.2. The third kappa shape index (κ3) is 4.53. The summed E-state index contributed by atoms with van der Waals surface area (Å²) < 4.78 is 4.87. The monoisotopic (exact) mass is 296 g/mol. The Kier molecular flexibility index (Phi) is 5.79. The van der Waals surface area contributed by atoms with Crippen molar-refractivity contribution in [2.24, 2.45) is 0 Å². The van der Waals surface area contributed by atoms with Crippen LogP contribution in [-0.4, -0.2) is 54.1 Å². The number of benzene rings is 1. The number of ether oxygens (including phenoxy) is 1. The molecule has 21 heavy (non-hydrogen) atoms. The van der Waals surface area contributed by atoms with Gasteiger partial charge in [0, 0.05) is 45.0 Å². The fraction of sp³-hybridized carbons (Fsp3) is 0.385. The molecule has 0 fully saturated rings. The first-order chi connectivity index (χ1) is 9.86. The summed E-state index contributed by atoms with van der Waals surface area (Å²) in [5.74, 6) is -1.80. The minimum atomic E-state index is -1.32. The van der Waals surface area contributed by atoms with E-state index in [0.717, 1.165) is 18.2 Å². The van der Waals surface area contributed by atoms with Gasteiger partial charge >= 0.3 is 5.97 Å². The van der Waals surface area contributed by atoms with Gasteiger partial charge < -0.3 is 14.7 Å². The SMILES string of the molecule is COCCCN(C)C(=O)c1cc(C(=O)O)cc([N+](=O)[O-])c1. The molecule has 0 aromatic heterocycles. The highest BCUT2D eigenvalue weighted by atomic mass is 16.6. The lowest BCUT2D eigenvalue weighted by Gasteiger charge is -2.17. The fourth-order valence-corrected chi connectivity index (χ4v) is 1.73. The summed E-state index contributed by atoms with van der Waals surface area (Å²) in [5, 5.41) is 19.7. The number of aromatic carboxylic acids is 1. The molecule has 0 heterocycles. The lowest BCUT2D eigenvalue weighted by atomic mass is 10.1. The van der Waals surface area contributed by atoms with Gasteiger partial charge in [-0.25, -0.2) is 4.79 Å². The average molecular weight is 296 g/mol. The number of nitro benzene ring substituents is 1. The Hall–Kier alpha value is -2.48. The van der Waals surface area contributed by atoms with E-state index < -0.39 is 22.5 Å². The third-order valence-electron chi connectivity index (χ3n) is 2.81. The number of hydrogen-bond acceptors (Lipinski definition) is 5. The van der Waals surface area contributed by atoms with Gasteiger partial charge in [-0.2, -0.15) is 0 Å². The normalized spacial score (nSPS) is 10.2. The number of carbonyl (C=O) groups excluding carboxylic acids is 1. The number of non-ortho nitro benzene ring substituents is 1. The number of nitro groups is 1. The van der Waals surface area contributed by atoms with Crippen LogP contribution < -0.4 is 0 Å². The van der Waals surface area contributed by atoms with Crippen LogP contribution >= 0.6 is 0 Å². The quantitative estimate of drug-likeness (QED) is 0.462. The molecule has 0 spiro atoms. The summed E-state index contributed by atoms with van der Waals surface area (Å²) >= 11 is 0. The van der Waals surface area contributed by atoms with Crippen LogP contribution in [0.25, 0.3) is 0 Å². The Morgan fingerprint density at radius 3 is 2.48 bits per heavy atom. The molecule has 0 aliphatic rings. The van der Waals surface area contributed by atoms with Crippen LogP contribution in [0.3, 0.4) is 0 Å². The van der Waals surface area contributed by atoms with Gasteiger partial charge in [0.2, 0.25) is 0 Å². The second kappa shape index (κ2) is 7.34. The number of carboxylic acid groups (broad SMARTS) is 1. The van der Waals surface area contributed by atoms with E-state index in [4.69, 9.17) is 9.84 Å². The molecule has 114 valence electrons. The Morgan fingerprint density at radius 2 is 1.95 bits per heavy atom. The molecular formula is C13H16N2O6. The van der Waals surface area contributed by atoms with Gasteiger partial charge in [0.25, 0.3) is 11.6 Å². The van der Waals surface area contributed by atoms with Crippen molar-refractivity contribution in [3.8, 4) is 0 Å². The van der Waals surface area contributed by atoms with E-state index in [1.807, 2.05) is 0 Å². The zero-order valence-electron chi connectivity index (χ0n) is 11.7.